The number of hydrogen-bond acceptors (Lipinski definition) is 5. The molecular weight excluding hydrogens is 284 g/mol. The Morgan fingerprint density at radius 1 is 1.24 bits per heavy atom. The van der Waals surface area contributed by atoms with Crippen LogP contribution in [0, 0.1) is 29.6 Å². The molecule has 3 aromatic rings. The van der Waals surface area contributed by atoms with Crippen molar-refractivity contribution in [2.45, 2.75) is 13.0 Å². The van der Waals surface area contributed by atoms with Crippen LogP contribution in [0.15, 0.2) is 34.1 Å². The molecule has 0 aliphatic heterocycles. The maximum absolute atomic E-state index is 10.5. The Morgan fingerprint density at radius 3 is 2.57 bits per heavy atom. The molecule has 1 atom stereocenters. The van der Waals surface area contributed by atoms with Crippen molar-refractivity contribution in [3.63, 3.8) is 0 Å². The number of benzene rings is 1. The second kappa shape index (κ2) is 5.06. The molecule has 0 radical (unpaired) electrons. The molecule has 0 aliphatic carbocycles. The second-order valence-corrected chi connectivity index (χ2v) is 5.59. The van der Waals surface area contributed by atoms with Gasteiger partial charge in [-0.1, -0.05) is 6.07 Å². The fourth-order valence-electron chi connectivity index (χ4n) is 2.40. The number of nitriles is 2. The Balaban J connectivity index is 2.27. The van der Waals surface area contributed by atoms with E-state index in [1.165, 1.54) is 11.3 Å². The summed E-state index contributed by atoms with van der Waals surface area (Å²) in [5.74, 6) is 0.588. The SMILES string of the molecule is Cc1oc2cc(C#N)c(C#N)cc2c1[C@@H](O)c1cccs1. The average molecular weight is 294 g/mol. The summed E-state index contributed by atoms with van der Waals surface area (Å²) in [5.41, 5.74) is 1.71. The minimum atomic E-state index is -0.800. The van der Waals surface area contributed by atoms with Gasteiger partial charge < -0.3 is 9.52 Å². The Bertz CT molecular complexity index is 895. The number of aliphatic hydroxyl groups excluding tert-OH is 1. The first-order chi connectivity index (χ1) is 10.2. The smallest absolute Gasteiger partial charge is 0.136 e. The van der Waals surface area contributed by atoms with Crippen LogP contribution in [-0.2, 0) is 0 Å². The predicted molar refractivity (Wildman–Crippen MR) is 78.8 cm³/mol. The van der Waals surface area contributed by atoms with Crippen molar-refractivity contribution >= 4 is 22.3 Å². The summed E-state index contributed by atoms with van der Waals surface area (Å²) in [5, 5.41) is 31.3. The van der Waals surface area contributed by atoms with E-state index >= 15 is 0 Å². The molecule has 1 N–H and O–H groups in total. The molecule has 0 saturated heterocycles. The van der Waals surface area contributed by atoms with Gasteiger partial charge in [0.2, 0.25) is 0 Å². The molecule has 2 heterocycles. The highest BCUT2D eigenvalue weighted by Crippen LogP contribution is 2.36. The molecule has 5 heteroatoms. The van der Waals surface area contributed by atoms with Gasteiger partial charge in [-0.25, -0.2) is 0 Å². The van der Waals surface area contributed by atoms with Gasteiger partial charge in [0.05, 0.1) is 11.1 Å². The van der Waals surface area contributed by atoms with Gasteiger partial charge >= 0.3 is 0 Å². The number of nitrogens with zero attached hydrogens (tertiary/aromatic N) is 2. The van der Waals surface area contributed by atoms with Crippen LogP contribution in [0.25, 0.3) is 11.0 Å². The maximum atomic E-state index is 10.5. The lowest BCUT2D eigenvalue weighted by molar-refractivity contribution is 0.223. The molecule has 0 bridgehead atoms. The number of hydrogen-bond donors (Lipinski definition) is 1. The van der Waals surface area contributed by atoms with Gasteiger partial charge in [-0.3, -0.25) is 0 Å². The molecule has 3 rings (SSSR count). The van der Waals surface area contributed by atoms with Crippen LogP contribution in [0.1, 0.15) is 33.4 Å². The summed E-state index contributed by atoms with van der Waals surface area (Å²) < 4.78 is 5.64. The lowest BCUT2D eigenvalue weighted by Crippen LogP contribution is -1.98. The number of aryl methyl sites for hydroxylation is 1. The maximum Gasteiger partial charge on any atom is 0.136 e. The minimum Gasteiger partial charge on any atom is -0.461 e. The molecule has 0 amide bonds. The van der Waals surface area contributed by atoms with E-state index in [0.717, 1.165) is 4.88 Å². The van der Waals surface area contributed by atoms with E-state index < -0.39 is 6.10 Å². The summed E-state index contributed by atoms with van der Waals surface area (Å²) in [6.07, 6.45) is -0.800. The van der Waals surface area contributed by atoms with E-state index in [0.29, 0.717) is 22.3 Å². The van der Waals surface area contributed by atoms with Crippen molar-refractivity contribution in [2.75, 3.05) is 0 Å². The van der Waals surface area contributed by atoms with Crippen LogP contribution in [0.3, 0.4) is 0 Å². The van der Waals surface area contributed by atoms with E-state index in [1.54, 1.807) is 19.1 Å². The normalized spacial score (nSPS) is 12.0. The summed E-state index contributed by atoms with van der Waals surface area (Å²) in [4.78, 5) is 0.809. The van der Waals surface area contributed by atoms with Gasteiger partial charge in [0, 0.05) is 21.9 Å². The average Bonchev–Trinajstić information content (AvgIpc) is 3.11. The van der Waals surface area contributed by atoms with Gasteiger partial charge in [-0.2, -0.15) is 10.5 Å². The fraction of sp³-hybridized carbons (Fsp3) is 0.125. The molecule has 4 nitrogen and oxygen atoms in total. The predicted octanol–water partition coefficient (Wildman–Crippen LogP) is 3.63. The van der Waals surface area contributed by atoms with Crippen LogP contribution < -0.4 is 0 Å². The van der Waals surface area contributed by atoms with E-state index in [4.69, 9.17) is 14.9 Å². The number of fused-ring (bicyclic) bond motifs is 1. The first-order valence-corrected chi connectivity index (χ1v) is 7.12. The van der Waals surface area contributed by atoms with E-state index in [9.17, 15) is 5.11 Å². The highest BCUT2D eigenvalue weighted by atomic mass is 32.1. The molecule has 1 aromatic carbocycles. The molecule has 0 saturated carbocycles. The van der Waals surface area contributed by atoms with E-state index in [2.05, 4.69) is 0 Å². The third-order valence-electron chi connectivity index (χ3n) is 3.38. The van der Waals surface area contributed by atoms with Crippen molar-refractivity contribution in [3.05, 3.63) is 57.0 Å². The van der Waals surface area contributed by atoms with Gasteiger partial charge in [-0.05, 0) is 24.4 Å². The van der Waals surface area contributed by atoms with Crippen LogP contribution in [0.4, 0.5) is 0 Å². The highest BCUT2D eigenvalue weighted by molar-refractivity contribution is 7.10. The largest absolute Gasteiger partial charge is 0.461 e. The number of furan rings is 1. The zero-order valence-corrected chi connectivity index (χ0v) is 11.9. The zero-order chi connectivity index (χ0) is 15.0. The van der Waals surface area contributed by atoms with Crippen molar-refractivity contribution in [2.24, 2.45) is 0 Å². The quantitative estimate of drug-likeness (QED) is 0.782. The number of aliphatic hydroxyl groups is 1. The van der Waals surface area contributed by atoms with Gasteiger partial charge in [0.15, 0.2) is 0 Å². The summed E-state index contributed by atoms with van der Waals surface area (Å²) in [7, 11) is 0. The summed E-state index contributed by atoms with van der Waals surface area (Å²) in [6.45, 7) is 1.77. The molecular formula is C16H10N2O2S. The fourth-order valence-corrected chi connectivity index (χ4v) is 3.12. The molecule has 0 unspecified atom stereocenters. The first kappa shape index (κ1) is 13.4. The van der Waals surface area contributed by atoms with Gasteiger partial charge in [0.25, 0.3) is 0 Å². The molecule has 2 aromatic heterocycles. The summed E-state index contributed by atoms with van der Waals surface area (Å²) >= 11 is 1.46. The molecule has 0 spiro atoms. The standard InChI is InChI=1S/C16H10N2O2S/c1-9-15(16(19)14-3-2-4-21-14)12-5-10(7-17)11(8-18)6-13(12)20-9/h2-6,16,19H,1H3/t16-/m0/s1. The second-order valence-electron chi connectivity index (χ2n) is 4.61. The third-order valence-corrected chi connectivity index (χ3v) is 4.30. The van der Waals surface area contributed by atoms with E-state index in [-0.39, 0.29) is 11.1 Å². The van der Waals surface area contributed by atoms with Crippen molar-refractivity contribution in [3.8, 4) is 12.1 Å². The minimum absolute atomic E-state index is 0.274. The number of thiophene rings is 1. The molecule has 0 aliphatic rings. The van der Waals surface area contributed by atoms with Crippen molar-refractivity contribution in [1.82, 2.24) is 0 Å². The van der Waals surface area contributed by atoms with Crippen molar-refractivity contribution in [1.29, 1.82) is 10.5 Å². The Hall–Kier alpha value is -2.60. The first-order valence-electron chi connectivity index (χ1n) is 6.24. The topological polar surface area (TPSA) is 81.0 Å². The Kier molecular flexibility index (Phi) is 3.23. The summed E-state index contributed by atoms with van der Waals surface area (Å²) in [6, 6.07) is 10.9. The molecule has 0 fully saturated rings. The highest BCUT2D eigenvalue weighted by Gasteiger charge is 2.22. The molecule has 102 valence electrons. The Morgan fingerprint density at radius 2 is 1.95 bits per heavy atom. The lowest BCUT2D eigenvalue weighted by Gasteiger charge is -2.08. The van der Waals surface area contributed by atoms with Crippen molar-refractivity contribution < 1.29 is 9.52 Å². The van der Waals surface area contributed by atoms with Crippen LogP contribution in [0.2, 0.25) is 0 Å². The third kappa shape index (κ3) is 2.09. The van der Waals surface area contributed by atoms with Gasteiger partial charge in [0.1, 0.15) is 29.6 Å². The zero-order valence-electron chi connectivity index (χ0n) is 11.1. The van der Waals surface area contributed by atoms with E-state index in [1.807, 2.05) is 29.7 Å². The monoisotopic (exact) mass is 294 g/mol. The Labute approximate surface area is 125 Å². The lowest BCUT2D eigenvalue weighted by atomic mass is 10.0. The van der Waals surface area contributed by atoms with Crippen LogP contribution in [-0.4, -0.2) is 5.11 Å². The number of rotatable bonds is 2. The van der Waals surface area contributed by atoms with Crippen LogP contribution in [0.5, 0.6) is 0 Å². The molecule has 21 heavy (non-hydrogen) atoms. The van der Waals surface area contributed by atoms with Gasteiger partial charge in [-0.15, -0.1) is 11.3 Å². The van der Waals surface area contributed by atoms with Crippen LogP contribution >= 0.6 is 11.3 Å².